The number of hydrogen-bond donors (Lipinski definition) is 2. The zero-order valence-corrected chi connectivity index (χ0v) is 8.57. The Labute approximate surface area is 91.9 Å². The summed E-state index contributed by atoms with van der Waals surface area (Å²) >= 11 is 5.89. The first-order valence-corrected chi connectivity index (χ1v) is 4.69. The summed E-state index contributed by atoms with van der Waals surface area (Å²) in [5, 5.41) is 11.5. The molecule has 0 spiro atoms. The third kappa shape index (κ3) is 3.25. The summed E-state index contributed by atoms with van der Waals surface area (Å²) in [6.07, 6.45) is 0.277. The van der Waals surface area contributed by atoms with E-state index < -0.39 is 12.0 Å². The van der Waals surface area contributed by atoms with Crippen molar-refractivity contribution in [3.8, 4) is 0 Å². The van der Waals surface area contributed by atoms with E-state index in [1.807, 2.05) is 0 Å². The third-order valence-electron chi connectivity index (χ3n) is 1.93. The average molecular weight is 228 g/mol. The molecule has 1 aromatic rings. The van der Waals surface area contributed by atoms with E-state index in [4.69, 9.17) is 16.7 Å². The molecule has 0 saturated heterocycles. The molecule has 1 atom stereocenters. The van der Waals surface area contributed by atoms with Crippen molar-refractivity contribution in [1.82, 2.24) is 5.32 Å². The van der Waals surface area contributed by atoms with Crippen molar-refractivity contribution in [3.05, 3.63) is 34.9 Å². The molecule has 80 valence electrons. The number of carboxylic acids is 1. The van der Waals surface area contributed by atoms with Crippen LogP contribution in [0.2, 0.25) is 5.02 Å². The number of nitrogens with one attached hydrogen (secondary N) is 1. The number of carbonyl (C=O) groups is 2. The number of rotatable bonds is 5. The third-order valence-corrected chi connectivity index (χ3v) is 2.27. The quantitative estimate of drug-likeness (QED) is 0.751. The highest BCUT2D eigenvalue weighted by molar-refractivity contribution is 6.31. The fourth-order valence-corrected chi connectivity index (χ4v) is 1.54. The van der Waals surface area contributed by atoms with Gasteiger partial charge in [0.25, 0.3) is 0 Å². The van der Waals surface area contributed by atoms with Crippen LogP contribution in [-0.2, 0) is 9.59 Å². The number of halogens is 1. The van der Waals surface area contributed by atoms with Gasteiger partial charge < -0.3 is 10.4 Å². The number of aliphatic carboxylic acids is 1. The maximum absolute atomic E-state index is 10.6. The highest BCUT2D eigenvalue weighted by Gasteiger charge is 2.16. The molecule has 0 aliphatic rings. The summed E-state index contributed by atoms with van der Waals surface area (Å²) in [5.74, 6) is -0.991. The molecule has 0 unspecified atom stereocenters. The number of amides is 1. The van der Waals surface area contributed by atoms with Crippen molar-refractivity contribution in [2.75, 3.05) is 0 Å². The fourth-order valence-electron chi connectivity index (χ4n) is 1.27. The summed E-state index contributed by atoms with van der Waals surface area (Å²) in [4.78, 5) is 20.9. The molecule has 1 amide bonds. The van der Waals surface area contributed by atoms with Crippen LogP contribution in [0, 0.1) is 0 Å². The molecule has 4 nitrogen and oxygen atoms in total. The Balaban J connectivity index is 2.92. The van der Waals surface area contributed by atoms with Crippen LogP contribution in [0.1, 0.15) is 18.0 Å². The molecular formula is C10H10ClNO3. The first kappa shape index (κ1) is 11.5. The molecule has 0 bridgehead atoms. The summed E-state index contributed by atoms with van der Waals surface area (Å²) in [7, 11) is 0. The predicted molar refractivity (Wildman–Crippen MR) is 55.6 cm³/mol. The van der Waals surface area contributed by atoms with Gasteiger partial charge in [-0.1, -0.05) is 29.8 Å². The van der Waals surface area contributed by atoms with Gasteiger partial charge in [-0.2, -0.15) is 0 Å². The summed E-state index contributed by atoms with van der Waals surface area (Å²) < 4.78 is 0. The van der Waals surface area contributed by atoms with Crippen LogP contribution in [0.15, 0.2) is 24.3 Å². The van der Waals surface area contributed by atoms with Gasteiger partial charge in [-0.05, 0) is 11.6 Å². The van der Waals surface area contributed by atoms with Gasteiger partial charge in [0.1, 0.15) is 0 Å². The summed E-state index contributed by atoms with van der Waals surface area (Å²) in [5.41, 5.74) is 0.605. The Kier molecular flexibility index (Phi) is 4.12. The largest absolute Gasteiger partial charge is 0.481 e. The SMILES string of the molecule is O=CN[C@@H](CC(=O)O)c1ccccc1Cl. The minimum Gasteiger partial charge on any atom is -0.481 e. The molecule has 15 heavy (non-hydrogen) atoms. The normalized spacial score (nSPS) is 11.8. The lowest BCUT2D eigenvalue weighted by atomic mass is 10.0. The van der Waals surface area contributed by atoms with Gasteiger partial charge in [0.05, 0.1) is 12.5 Å². The Morgan fingerprint density at radius 2 is 2.20 bits per heavy atom. The van der Waals surface area contributed by atoms with Crippen LogP contribution in [0.3, 0.4) is 0 Å². The van der Waals surface area contributed by atoms with Crippen LogP contribution in [0.25, 0.3) is 0 Å². The van der Waals surface area contributed by atoms with Crippen LogP contribution >= 0.6 is 11.6 Å². The molecule has 2 N–H and O–H groups in total. The van der Waals surface area contributed by atoms with Crippen molar-refractivity contribution in [3.63, 3.8) is 0 Å². The topological polar surface area (TPSA) is 66.4 Å². The maximum atomic E-state index is 10.6. The van der Waals surface area contributed by atoms with E-state index in [2.05, 4.69) is 5.32 Å². The van der Waals surface area contributed by atoms with Gasteiger partial charge in [-0.3, -0.25) is 9.59 Å². The van der Waals surface area contributed by atoms with E-state index in [9.17, 15) is 9.59 Å². The molecule has 0 heterocycles. The molecule has 1 aromatic carbocycles. The standard InChI is InChI=1S/C10H10ClNO3/c11-8-4-2-1-3-7(8)9(12-6-13)5-10(14)15/h1-4,6,9H,5H2,(H,12,13)(H,14,15)/t9-/m0/s1. The Morgan fingerprint density at radius 3 is 2.73 bits per heavy atom. The first-order valence-electron chi connectivity index (χ1n) is 4.31. The van der Waals surface area contributed by atoms with Crippen LogP contribution < -0.4 is 5.32 Å². The highest BCUT2D eigenvalue weighted by atomic mass is 35.5. The molecule has 0 fully saturated rings. The molecule has 0 aliphatic carbocycles. The molecule has 5 heteroatoms. The van der Waals surface area contributed by atoms with Gasteiger partial charge in [0.15, 0.2) is 0 Å². The lowest BCUT2D eigenvalue weighted by Gasteiger charge is -2.15. The van der Waals surface area contributed by atoms with E-state index in [0.717, 1.165) is 0 Å². The zero-order chi connectivity index (χ0) is 11.3. The highest BCUT2D eigenvalue weighted by Crippen LogP contribution is 2.24. The lowest BCUT2D eigenvalue weighted by molar-refractivity contribution is -0.137. The first-order chi connectivity index (χ1) is 7.15. The maximum Gasteiger partial charge on any atom is 0.305 e. The van der Waals surface area contributed by atoms with Gasteiger partial charge in [0.2, 0.25) is 6.41 Å². The molecule has 0 aliphatic heterocycles. The van der Waals surface area contributed by atoms with Crippen molar-refractivity contribution < 1.29 is 14.7 Å². The minimum absolute atomic E-state index is 0.192. The Bertz CT molecular complexity index is 367. The van der Waals surface area contributed by atoms with Crippen molar-refractivity contribution >= 4 is 24.0 Å². The summed E-state index contributed by atoms with van der Waals surface area (Å²) in [6, 6.07) is 6.23. The van der Waals surface area contributed by atoms with E-state index in [1.54, 1.807) is 24.3 Å². The van der Waals surface area contributed by atoms with Crippen LogP contribution in [-0.4, -0.2) is 17.5 Å². The van der Waals surface area contributed by atoms with Gasteiger partial charge in [-0.15, -0.1) is 0 Å². The monoisotopic (exact) mass is 227 g/mol. The van der Waals surface area contributed by atoms with Crippen LogP contribution in [0.4, 0.5) is 0 Å². The fraction of sp³-hybridized carbons (Fsp3) is 0.200. The number of carbonyl (C=O) groups excluding carboxylic acids is 1. The zero-order valence-electron chi connectivity index (χ0n) is 7.81. The number of benzene rings is 1. The smallest absolute Gasteiger partial charge is 0.305 e. The second-order valence-electron chi connectivity index (χ2n) is 2.96. The number of carboxylic acid groups (broad SMARTS) is 1. The lowest BCUT2D eigenvalue weighted by Crippen LogP contribution is -2.22. The number of hydrogen-bond acceptors (Lipinski definition) is 2. The Hall–Kier alpha value is -1.55. The molecular weight excluding hydrogens is 218 g/mol. The average Bonchev–Trinajstić information content (AvgIpc) is 2.17. The van der Waals surface area contributed by atoms with Crippen molar-refractivity contribution in [1.29, 1.82) is 0 Å². The van der Waals surface area contributed by atoms with Crippen molar-refractivity contribution in [2.24, 2.45) is 0 Å². The van der Waals surface area contributed by atoms with E-state index in [1.165, 1.54) is 0 Å². The van der Waals surface area contributed by atoms with Crippen LogP contribution in [0.5, 0.6) is 0 Å². The van der Waals surface area contributed by atoms with E-state index in [0.29, 0.717) is 17.0 Å². The van der Waals surface area contributed by atoms with Gasteiger partial charge in [0, 0.05) is 5.02 Å². The van der Waals surface area contributed by atoms with Gasteiger partial charge in [-0.25, -0.2) is 0 Å². The van der Waals surface area contributed by atoms with E-state index in [-0.39, 0.29) is 6.42 Å². The molecule has 0 saturated carbocycles. The second kappa shape index (κ2) is 5.36. The Morgan fingerprint density at radius 1 is 1.53 bits per heavy atom. The van der Waals surface area contributed by atoms with Gasteiger partial charge >= 0.3 is 5.97 Å². The predicted octanol–water partition coefficient (Wildman–Crippen LogP) is 1.60. The van der Waals surface area contributed by atoms with E-state index >= 15 is 0 Å². The summed E-state index contributed by atoms with van der Waals surface area (Å²) in [6.45, 7) is 0. The molecule has 0 radical (unpaired) electrons. The molecule has 1 rings (SSSR count). The second-order valence-corrected chi connectivity index (χ2v) is 3.36. The minimum atomic E-state index is -0.991. The van der Waals surface area contributed by atoms with Crippen molar-refractivity contribution in [2.45, 2.75) is 12.5 Å². The molecule has 0 aromatic heterocycles.